The SMILES string of the molecule is CN=C(NCCc1cccc(C(=O)NC)c1)NCc1cccc(S(N)(=O)=O)c1. The van der Waals surface area contributed by atoms with E-state index in [1.807, 2.05) is 18.2 Å². The molecule has 0 heterocycles. The first-order valence-corrected chi connectivity index (χ1v) is 10.3. The lowest BCUT2D eigenvalue weighted by Gasteiger charge is -2.12. The second kappa shape index (κ2) is 9.86. The van der Waals surface area contributed by atoms with Crippen LogP contribution in [-0.4, -0.2) is 40.9 Å². The number of carbonyl (C=O) groups is 1. The summed E-state index contributed by atoms with van der Waals surface area (Å²) in [6, 6.07) is 13.9. The number of nitrogens with one attached hydrogen (secondary N) is 3. The van der Waals surface area contributed by atoms with E-state index in [4.69, 9.17) is 5.14 Å². The number of nitrogens with two attached hydrogens (primary N) is 1. The first kappa shape index (κ1) is 21.4. The van der Waals surface area contributed by atoms with Crippen molar-refractivity contribution in [2.75, 3.05) is 20.6 Å². The number of hydrogen-bond donors (Lipinski definition) is 4. The Morgan fingerprint density at radius 2 is 1.79 bits per heavy atom. The highest BCUT2D eigenvalue weighted by atomic mass is 32.2. The van der Waals surface area contributed by atoms with Crippen LogP contribution in [0.2, 0.25) is 0 Å². The van der Waals surface area contributed by atoms with Gasteiger partial charge in [-0.05, 0) is 41.8 Å². The van der Waals surface area contributed by atoms with E-state index in [-0.39, 0.29) is 10.8 Å². The summed E-state index contributed by atoms with van der Waals surface area (Å²) >= 11 is 0. The van der Waals surface area contributed by atoms with Gasteiger partial charge in [-0.3, -0.25) is 9.79 Å². The fraction of sp³-hybridized carbons (Fsp3) is 0.263. The van der Waals surface area contributed by atoms with Gasteiger partial charge in [-0.2, -0.15) is 0 Å². The molecule has 0 aliphatic carbocycles. The lowest BCUT2D eigenvalue weighted by Crippen LogP contribution is -2.37. The third-order valence-corrected chi connectivity index (χ3v) is 4.94. The van der Waals surface area contributed by atoms with E-state index < -0.39 is 10.0 Å². The minimum absolute atomic E-state index is 0.0748. The van der Waals surface area contributed by atoms with Crippen molar-refractivity contribution in [2.45, 2.75) is 17.9 Å². The van der Waals surface area contributed by atoms with Gasteiger partial charge in [-0.25, -0.2) is 13.6 Å². The smallest absolute Gasteiger partial charge is 0.251 e. The Morgan fingerprint density at radius 3 is 2.46 bits per heavy atom. The zero-order valence-corrected chi connectivity index (χ0v) is 16.7. The van der Waals surface area contributed by atoms with Crippen molar-refractivity contribution in [1.29, 1.82) is 0 Å². The molecule has 28 heavy (non-hydrogen) atoms. The molecule has 0 unspecified atom stereocenters. The van der Waals surface area contributed by atoms with Crippen LogP contribution < -0.4 is 21.1 Å². The molecule has 5 N–H and O–H groups in total. The number of rotatable bonds is 7. The van der Waals surface area contributed by atoms with Crippen LogP contribution in [0.25, 0.3) is 0 Å². The molecule has 0 spiro atoms. The molecule has 0 atom stereocenters. The Kier molecular flexibility index (Phi) is 7.53. The van der Waals surface area contributed by atoms with E-state index >= 15 is 0 Å². The first-order valence-electron chi connectivity index (χ1n) is 8.71. The molecule has 0 fully saturated rings. The van der Waals surface area contributed by atoms with E-state index in [0.717, 1.165) is 11.1 Å². The van der Waals surface area contributed by atoms with Gasteiger partial charge in [-0.1, -0.05) is 24.3 Å². The van der Waals surface area contributed by atoms with Crippen LogP contribution in [-0.2, 0) is 23.0 Å². The van der Waals surface area contributed by atoms with Gasteiger partial charge >= 0.3 is 0 Å². The summed E-state index contributed by atoms with van der Waals surface area (Å²) in [5, 5.41) is 14.1. The monoisotopic (exact) mass is 403 g/mol. The summed E-state index contributed by atoms with van der Waals surface area (Å²) < 4.78 is 22.9. The van der Waals surface area contributed by atoms with Crippen LogP contribution in [0.4, 0.5) is 0 Å². The molecule has 150 valence electrons. The largest absolute Gasteiger partial charge is 0.356 e. The van der Waals surface area contributed by atoms with Crippen LogP contribution in [0, 0.1) is 0 Å². The molecule has 0 aromatic heterocycles. The van der Waals surface area contributed by atoms with Crippen LogP contribution >= 0.6 is 0 Å². The van der Waals surface area contributed by atoms with Crippen molar-refractivity contribution in [3.63, 3.8) is 0 Å². The first-order chi connectivity index (χ1) is 13.3. The van der Waals surface area contributed by atoms with E-state index in [1.165, 1.54) is 12.1 Å². The van der Waals surface area contributed by atoms with Crippen molar-refractivity contribution in [3.05, 3.63) is 65.2 Å². The lowest BCUT2D eigenvalue weighted by molar-refractivity contribution is 0.0963. The van der Waals surface area contributed by atoms with Crippen molar-refractivity contribution < 1.29 is 13.2 Å². The molecule has 9 heteroatoms. The standard InChI is InChI=1S/C19H25N5O3S/c1-21-18(25)16-7-3-5-14(11-16)9-10-23-19(22-2)24-13-15-6-4-8-17(12-15)28(20,26)27/h3-8,11-12H,9-10,13H2,1-2H3,(H,21,25)(H2,20,26,27)(H2,22,23,24). The number of benzene rings is 2. The van der Waals surface area contributed by atoms with Crippen molar-refractivity contribution in [1.82, 2.24) is 16.0 Å². The van der Waals surface area contributed by atoms with Crippen molar-refractivity contribution >= 4 is 21.9 Å². The normalized spacial score (nSPS) is 11.8. The average molecular weight is 404 g/mol. The summed E-state index contributed by atoms with van der Waals surface area (Å²) in [7, 11) is -0.471. The maximum absolute atomic E-state index is 11.7. The number of nitrogens with zero attached hydrogens (tertiary/aromatic N) is 1. The second-order valence-corrected chi connectivity index (χ2v) is 7.64. The molecule has 0 bridgehead atoms. The number of carbonyl (C=O) groups excluding carboxylic acids is 1. The zero-order valence-electron chi connectivity index (χ0n) is 15.9. The maximum Gasteiger partial charge on any atom is 0.251 e. The van der Waals surface area contributed by atoms with Crippen molar-refractivity contribution in [2.24, 2.45) is 10.1 Å². The predicted molar refractivity (Wildman–Crippen MR) is 110 cm³/mol. The Labute approximate surface area is 165 Å². The number of primary sulfonamides is 1. The van der Waals surface area contributed by atoms with Crippen LogP contribution in [0.3, 0.4) is 0 Å². The lowest BCUT2D eigenvalue weighted by atomic mass is 10.1. The van der Waals surface area contributed by atoms with Crippen LogP contribution in [0.5, 0.6) is 0 Å². The van der Waals surface area contributed by atoms with E-state index in [0.29, 0.717) is 31.0 Å². The molecule has 0 saturated heterocycles. The number of amides is 1. The van der Waals surface area contributed by atoms with Gasteiger partial charge in [0.05, 0.1) is 4.90 Å². The molecule has 8 nitrogen and oxygen atoms in total. The van der Waals surface area contributed by atoms with Gasteiger partial charge in [0.25, 0.3) is 5.91 Å². The molecule has 0 saturated carbocycles. The van der Waals surface area contributed by atoms with Gasteiger partial charge in [0, 0.05) is 32.7 Å². The molecule has 2 aromatic carbocycles. The Hall–Kier alpha value is -2.91. The Bertz CT molecular complexity index is 958. The highest BCUT2D eigenvalue weighted by molar-refractivity contribution is 7.89. The third kappa shape index (κ3) is 6.36. The summed E-state index contributed by atoms with van der Waals surface area (Å²) in [5.74, 6) is 0.470. The topological polar surface area (TPSA) is 126 Å². The van der Waals surface area contributed by atoms with Crippen molar-refractivity contribution in [3.8, 4) is 0 Å². The van der Waals surface area contributed by atoms with Gasteiger partial charge in [-0.15, -0.1) is 0 Å². The van der Waals surface area contributed by atoms with E-state index in [2.05, 4.69) is 20.9 Å². The molecule has 0 aliphatic rings. The molecule has 0 radical (unpaired) electrons. The molecule has 2 rings (SSSR count). The predicted octanol–water partition coefficient (Wildman–Crippen LogP) is 0.601. The third-order valence-electron chi connectivity index (χ3n) is 4.03. The molecule has 1 amide bonds. The highest BCUT2D eigenvalue weighted by Crippen LogP contribution is 2.09. The van der Waals surface area contributed by atoms with Gasteiger partial charge in [0.2, 0.25) is 10.0 Å². The highest BCUT2D eigenvalue weighted by Gasteiger charge is 2.08. The summed E-state index contributed by atoms with van der Waals surface area (Å²) in [6.07, 6.45) is 0.715. The number of sulfonamides is 1. The fourth-order valence-corrected chi connectivity index (χ4v) is 3.16. The Balaban J connectivity index is 1.88. The number of hydrogen-bond acceptors (Lipinski definition) is 4. The number of aliphatic imine (C=N–C) groups is 1. The van der Waals surface area contributed by atoms with Gasteiger partial charge in [0.15, 0.2) is 5.96 Å². The summed E-state index contributed by atoms with van der Waals surface area (Å²) in [5.41, 5.74) is 2.43. The van der Waals surface area contributed by atoms with E-state index in [9.17, 15) is 13.2 Å². The summed E-state index contributed by atoms with van der Waals surface area (Å²) in [4.78, 5) is 15.9. The van der Waals surface area contributed by atoms with Gasteiger partial charge in [0.1, 0.15) is 0 Å². The minimum atomic E-state index is -3.73. The summed E-state index contributed by atoms with van der Waals surface area (Å²) in [6.45, 7) is 1.02. The number of guanidine groups is 1. The quantitative estimate of drug-likeness (QED) is 0.398. The van der Waals surface area contributed by atoms with Gasteiger partial charge < -0.3 is 16.0 Å². The molecular formula is C19H25N5O3S. The zero-order chi connectivity index (χ0) is 20.6. The second-order valence-electron chi connectivity index (χ2n) is 6.07. The average Bonchev–Trinajstić information content (AvgIpc) is 2.69. The van der Waals surface area contributed by atoms with E-state index in [1.54, 1.807) is 32.3 Å². The molecule has 0 aliphatic heterocycles. The Morgan fingerprint density at radius 1 is 1.07 bits per heavy atom. The van der Waals surface area contributed by atoms with Crippen LogP contribution in [0.15, 0.2) is 58.4 Å². The molecular weight excluding hydrogens is 378 g/mol. The maximum atomic E-state index is 11.7. The van der Waals surface area contributed by atoms with Crippen LogP contribution in [0.1, 0.15) is 21.5 Å². The fourth-order valence-electron chi connectivity index (χ4n) is 2.58. The molecule has 2 aromatic rings. The minimum Gasteiger partial charge on any atom is -0.356 e.